The summed E-state index contributed by atoms with van der Waals surface area (Å²) in [5, 5.41) is 9.07. The molecule has 1 aromatic heterocycles. The van der Waals surface area contributed by atoms with Crippen molar-refractivity contribution in [2.24, 2.45) is 10.7 Å². The molecule has 0 amide bonds. The average Bonchev–Trinajstić information content (AvgIpc) is 3.27. The molecule has 3 aromatic carbocycles. The lowest BCUT2D eigenvalue weighted by Crippen LogP contribution is -2.33. The Morgan fingerprint density at radius 2 is 1.56 bits per heavy atom. The fourth-order valence-electron chi connectivity index (χ4n) is 3.21. The number of hydrogen-bond donors (Lipinski definition) is 3. The van der Waals surface area contributed by atoms with Crippen LogP contribution in [0, 0.1) is 6.92 Å². The first-order valence-electron chi connectivity index (χ1n) is 11.9. The third-order valence-electron chi connectivity index (χ3n) is 5.05. The van der Waals surface area contributed by atoms with Crippen molar-refractivity contribution in [3.05, 3.63) is 82.8 Å². The quantitative estimate of drug-likeness (QED) is 0.145. The molecule has 1 heterocycles. The Balaban J connectivity index is 0.000000295. The van der Waals surface area contributed by atoms with Crippen molar-refractivity contribution in [2.45, 2.75) is 31.8 Å². The highest BCUT2D eigenvalue weighted by molar-refractivity contribution is 9.10. The molecule has 4 N–H and O–H groups in total. The van der Waals surface area contributed by atoms with Crippen LogP contribution in [0.3, 0.4) is 0 Å². The second kappa shape index (κ2) is 14.1. The van der Waals surface area contributed by atoms with Crippen molar-refractivity contribution in [3.8, 4) is 0 Å². The summed E-state index contributed by atoms with van der Waals surface area (Å²) in [6.07, 6.45) is -0.167. The zero-order valence-corrected chi connectivity index (χ0v) is 25.2. The van der Waals surface area contributed by atoms with Gasteiger partial charge in [0.15, 0.2) is 0 Å². The van der Waals surface area contributed by atoms with Gasteiger partial charge in [-0.15, -0.1) is 0 Å². The Bertz CT molecular complexity index is 1460. The van der Waals surface area contributed by atoms with Gasteiger partial charge in [0.05, 0.1) is 10.6 Å². The molecule has 39 heavy (non-hydrogen) atoms. The number of para-hydroxylation sites is 1. The number of guanidine groups is 1. The van der Waals surface area contributed by atoms with Gasteiger partial charge < -0.3 is 20.2 Å². The van der Waals surface area contributed by atoms with E-state index in [1.54, 1.807) is 37.9 Å². The summed E-state index contributed by atoms with van der Waals surface area (Å²) in [5.74, 6) is 0.985. The highest BCUT2D eigenvalue weighted by Gasteiger charge is 2.19. The largest absolute Gasteiger partial charge is 0.440 e. The Kier molecular flexibility index (Phi) is 11.5. The minimum Gasteiger partial charge on any atom is -0.440 e. The summed E-state index contributed by atoms with van der Waals surface area (Å²) in [6, 6.07) is 21.9. The van der Waals surface area contributed by atoms with Crippen molar-refractivity contribution in [1.29, 1.82) is 0 Å². The van der Waals surface area contributed by atoms with E-state index in [0.29, 0.717) is 11.8 Å². The molecular formula is C28H35BrN4O5S. The minimum absolute atomic E-state index is 0.0666. The van der Waals surface area contributed by atoms with Gasteiger partial charge in [-0.2, -0.15) is 8.42 Å². The molecule has 0 atom stereocenters. The summed E-state index contributed by atoms with van der Waals surface area (Å²) in [7, 11) is 1.63. The molecule has 0 spiro atoms. The van der Waals surface area contributed by atoms with E-state index in [1.165, 1.54) is 12.1 Å². The van der Waals surface area contributed by atoms with Crippen LogP contribution < -0.4 is 15.5 Å². The van der Waals surface area contributed by atoms with Crippen LogP contribution in [-0.4, -0.2) is 51.3 Å². The fourth-order valence-corrected chi connectivity index (χ4v) is 4.16. The molecule has 0 saturated carbocycles. The summed E-state index contributed by atoms with van der Waals surface area (Å²) < 4.78 is 36.5. The molecule has 0 unspecified atom stereocenters. The number of furan rings is 1. The lowest BCUT2D eigenvalue weighted by Gasteiger charge is -2.23. The number of nitrogens with zero attached hydrogens (tertiary/aromatic N) is 3. The van der Waals surface area contributed by atoms with Crippen LogP contribution in [0.15, 0.2) is 91.6 Å². The topological polar surface area (TPSA) is 133 Å². The molecule has 0 bridgehead atoms. The van der Waals surface area contributed by atoms with Gasteiger partial charge in [0.25, 0.3) is 10.1 Å². The van der Waals surface area contributed by atoms with Crippen molar-refractivity contribution in [2.75, 3.05) is 30.9 Å². The Hall–Kier alpha value is -3.38. The van der Waals surface area contributed by atoms with Gasteiger partial charge >= 0.3 is 0 Å². The van der Waals surface area contributed by atoms with E-state index < -0.39 is 10.1 Å². The van der Waals surface area contributed by atoms with Gasteiger partial charge in [0.1, 0.15) is 5.58 Å². The number of fused-ring (bicyclic) bond motifs is 1. The summed E-state index contributed by atoms with van der Waals surface area (Å²) >= 11 is 3.56. The second-order valence-electron chi connectivity index (χ2n) is 8.98. The molecule has 9 nitrogen and oxygen atoms in total. The molecule has 11 heteroatoms. The summed E-state index contributed by atoms with van der Waals surface area (Å²) in [5.41, 5.74) is 9.85. The molecule has 4 aromatic rings. The Morgan fingerprint density at radius 3 is 2.08 bits per heavy atom. The smallest absolute Gasteiger partial charge is 0.294 e. The lowest BCUT2D eigenvalue weighted by molar-refractivity contribution is 0.216. The maximum atomic E-state index is 10.5. The van der Waals surface area contributed by atoms with Crippen LogP contribution in [0.5, 0.6) is 0 Å². The number of nitrogens with two attached hydrogens (primary N) is 1. The predicted octanol–water partition coefficient (Wildman–Crippen LogP) is 5.97. The molecule has 0 saturated heterocycles. The van der Waals surface area contributed by atoms with Crippen LogP contribution in [0.25, 0.3) is 11.0 Å². The number of hydrogen-bond acceptors (Lipinski definition) is 6. The summed E-state index contributed by atoms with van der Waals surface area (Å²) in [6.45, 7) is 5.29. The molecule has 0 radical (unpaired) electrons. The zero-order chi connectivity index (χ0) is 29.3. The van der Waals surface area contributed by atoms with Crippen molar-refractivity contribution in [3.63, 3.8) is 0 Å². The number of anilines is 3. The van der Waals surface area contributed by atoms with Crippen molar-refractivity contribution < 1.29 is 22.5 Å². The number of aliphatic hydroxyl groups excluding tert-OH is 1. The monoisotopic (exact) mass is 618 g/mol. The van der Waals surface area contributed by atoms with Crippen molar-refractivity contribution in [1.82, 2.24) is 0 Å². The minimum atomic E-state index is -4.02. The van der Waals surface area contributed by atoms with Crippen LogP contribution >= 0.6 is 15.9 Å². The Morgan fingerprint density at radius 1 is 1.00 bits per heavy atom. The average molecular weight is 620 g/mol. The summed E-state index contributed by atoms with van der Waals surface area (Å²) in [4.78, 5) is 7.92. The number of rotatable bonds is 4. The predicted molar refractivity (Wildman–Crippen MR) is 163 cm³/mol. The van der Waals surface area contributed by atoms with Gasteiger partial charge in [0, 0.05) is 48.9 Å². The number of aliphatic hydroxyl groups is 1. The maximum absolute atomic E-state index is 10.5. The van der Waals surface area contributed by atoms with E-state index >= 15 is 0 Å². The molecule has 0 aliphatic rings. The highest BCUT2D eigenvalue weighted by Crippen LogP contribution is 2.34. The first-order valence-corrected chi connectivity index (χ1v) is 14.2. The van der Waals surface area contributed by atoms with Crippen molar-refractivity contribution >= 4 is 60.2 Å². The first kappa shape index (κ1) is 31.8. The van der Waals surface area contributed by atoms with Gasteiger partial charge in [-0.05, 0) is 57.2 Å². The van der Waals surface area contributed by atoms with Crippen LogP contribution in [-0.2, 0) is 10.1 Å². The Labute approximate surface area is 238 Å². The van der Waals surface area contributed by atoms with E-state index in [-0.39, 0.29) is 11.0 Å². The van der Waals surface area contributed by atoms with E-state index in [1.807, 2.05) is 74.4 Å². The fraction of sp³-hybridized carbons (Fsp3) is 0.250. The van der Waals surface area contributed by atoms with Crippen LogP contribution in [0.2, 0.25) is 0 Å². The molecule has 0 fully saturated rings. The van der Waals surface area contributed by atoms with Crippen LogP contribution in [0.1, 0.15) is 19.4 Å². The molecule has 0 aliphatic heterocycles. The van der Waals surface area contributed by atoms with E-state index in [9.17, 15) is 8.42 Å². The van der Waals surface area contributed by atoms with E-state index in [0.717, 1.165) is 32.4 Å². The molecule has 4 rings (SSSR count). The standard InChI is InChI=1S/C18H19BrN4O.C7H8O3S.C3H8O/c1-21-18(20)23(15-10-13(19)9-14(11-15)22(2)3)17-8-12-6-4-5-7-16(12)24-17;1-6-2-4-7(5-3-6)11(8,9)10;1-3(2)4/h4-11H,1-3H3,(H2,20,21);2-5H,1H3,(H,8,9,10);3-4H,1-2H3. The lowest BCUT2D eigenvalue weighted by atomic mass is 10.2. The first-order chi connectivity index (χ1) is 18.2. The second-order valence-corrected chi connectivity index (χ2v) is 11.3. The number of aliphatic imine (C=N–C) groups is 1. The SMILES string of the molecule is CC(C)O.CN=C(N)N(c1cc(Br)cc(N(C)C)c1)c1cc2ccccc2o1.Cc1ccc(S(=O)(=O)O)cc1. The number of benzene rings is 3. The van der Waals surface area contributed by atoms with Gasteiger partial charge in [-0.1, -0.05) is 51.8 Å². The molecular weight excluding hydrogens is 584 g/mol. The van der Waals surface area contributed by atoms with E-state index in [4.69, 9.17) is 19.8 Å². The normalized spacial score (nSPS) is 11.4. The van der Waals surface area contributed by atoms with Gasteiger partial charge in [-0.3, -0.25) is 14.4 Å². The third-order valence-corrected chi connectivity index (χ3v) is 6.38. The zero-order valence-electron chi connectivity index (χ0n) is 22.8. The molecule has 210 valence electrons. The van der Waals surface area contributed by atoms with Crippen LogP contribution in [0.4, 0.5) is 17.3 Å². The van der Waals surface area contributed by atoms with Gasteiger partial charge in [-0.25, -0.2) is 0 Å². The number of halogens is 1. The maximum Gasteiger partial charge on any atom is 0.294 e. The molecule has 0 aliphatic carbocycles. The third kappa shape index (κ3) is 9.70. The van der Waals surface area contributed by atoms with E-state index in [2.05, 4.69) is 20.9 Å². The van der Waals surface area contributed by atoms with Gasteiger partial charge in [0.2, 0.25) is 11.8 Å². The highest BCUT2D eigenvalue weighted by atomic mass is 79.9. The number of aryl methyl sites for hydroxylation is 1.